The van der Waals surface area contributed by atoms with Gasteiger partial charge in [-0.15, -0.1) is 11.3 Å². The van der Waals surface area contributed by atoms with Gasteiger partial charge in [-0.1, -0.05) is 43.0 Å². The molecule has 2 heterocycles. The van der Waals surface area contributed by atoms with Gasteiger partial charge in [-0.3, -0.25) is 0 Å². The molecular weight excluding hydrogens is 298 g/mol. The first-order chi connectivity index (χ1) is 10.3. The number of thioether (sulfide) groups is 1. The number of imidazole rings is 1. The van der Waals surface area contributed by atoms with E-state index in [9.17, 15) is 0 Å². The number of thiazole rings is 1. The van der Waals surface area contributed by atoms with Crippen molar-refractivity contribution in [3.8, 4) is 10.6 Å². The van der Waals surface area contributed by atoms with Gasteiger partial charge in [0.1, 0.15) is 5.01 Å². The molecule has 0 atom stereocenters. The number of aromatic nitrogens is 3. The van der Waals surface area contributed by atoms with Gasteiger partial charge in [-0.2, -0.15) is 0 Å². The standard InChI is InChI=1S/C16H17N3S2/c1-3-12-4-6-13(7-5-12)15-18-14(10-20-15)11-21-16-17-8-9-19(16)2/h4-10H,3,11H2,1-2H3. The van der Waals surface area contributed by atoms with E-state index in [-0.39, 0.29) is 0 Å². The van der Waals surface area contributed by atoms with Crippen LogP contribution in [0.3, 0.4) is 0 Å². The molecule has 0 aliphatic heterocycles. The summed E-state index contributed by atoms with van der Waals surface area (Å²) in [6, 6.07) is 8.68. The largest absolute Gasteiger partial charge is 0.329 e. The van der Waals surface area contributed by atoms with E-state index in [1.54, 1.807) is 23.1 Å². The smallest absolute Gasteiger partial charge is 0.168 e. The number of nitrogens with zero attached hydrogens (tertiary/aromatic N) is 3. The first-order valence-electron chi connectivity index (χ1n) is 6.90. The maximum atomic E-state index is 4.73. The Morgan fingerprint density at radius 2 is 2.05 bits per heavy atom. The fourth-order valence-corrected chi connectivity index (χ4v) is 3.77. The van der Waals surface area contributed by atoms with Gasteiger partial charge < -0.3 is 4.57 Å². The molecular formula is C16H17N3S2. The number of rotatable bonds is 5. The van der Waals surface area contributed by atoms with Crippen molar-refractivity contribution < 1.29 is 0 Å². The number of aryl methyl sites for hydroxylation is 2. The lowest BCUT2D eigenvalue weighted by molar-refractivity contribution is 0.789. The second-order valence-electron chi connectivity index (χ2n) is 4.80. The Morgan fingerprint density at radius 3 is 2.71 bits per heavy atom. The summed E-state index contributed by atoms with van der Waals surface area (Å²) in [6.45, 7) is 2.17. The van der Waals surface area contributed by atoms with Gasteiger partial charge >= 0.3 is 0 Å². The third kappa shape index (κ3) is 3.36. The Morgan fingerprint density at radius 1 is 1.24 bits per heavy atom. The van der Waals surface area contributed by atoms with Crippen LogP contribution in [0.5, 0.6) is 0 Å². The third-order valence-corrected chi connectivity index (χ3v) is 5.32. The summed E-state index contributed by atoms with van der Waals surface area (Å²) in [5.74, 6) is 0.856. The highest BCUT2D eigenvalue weighted by molar-refractivity contribution is 7.98. The fourth-order valence-electron chi connectivity index (χ4n) is 2.02. The molecule has 2 aromatic heterocycles. The lowest BCUT2D eigenvalue weighted by Crippen LogP contribution is -1.90. The summed E-state index contributed by atoms with van der Waals surface area (Å²) >= 11 is 3.42. The first-order valence-corrected chi connectivity index (χ1v) is 8.76. The van der Waals surface area contributed by atoms with Crippen molar-refractivity contribution in [3.05, 3.63) is 53.3 Å². The van der Waals surface area contributed by atoms with Crippen LogP contribution in [-0.2, 0) is 19.2 Å². The zero-order valence-corrected chi connectivity index (χ0v) is 13.7. The molecule has 5 heteroatoms. The van der Waals surface area contributed by atoms with E-state index in [0.29, 0.717) is 0 Å². The van der Waals surface area contributed by atoms with Crippen molar-refractivity contribution in [2.24, 2.45) is 7.05 Å². The van der Waals surface area contributed by atoms with Crippen molar-refractivity contribution in [2.45, 2.75) is 24.3 Å². The van der Waals surface area contributed by atoms with E-state index < -0.39 is 0 Å². The monoisotopic (exact) mass is 315 g/mol. The van der Waals surface area contributed by atoms with E-state index in [2.05, 4.69) is 41.6 Å². The lowest BCUT2D eigenvalue weighted by Gasteiger charge is -2.00. The Hall–Kier alpha value is -1.59. The molecule has 3 rings (SSSR count). The van der Waals surface area contributed by atoms with E-state index in [1.807, 2.05) is 24.0 Å². The molecule has 0 saturated carbocycles. The highest BCUT2D eigenvalue weighted by atomic mass is 32.2. The predicted octanol–water partition coefficient (Wildman–Crippen LogP) is 4.40. The zero-order valence-electron chi connectivity index (χ0n) is 12.1. The van der Waals surface area contributed by atoms with Gasteiger partial charge in [0.2, 0.25) is 0 Å². The molecule has 0 amide bonds. The molecule has 0 spiro atoms. The van der Waals surface area contributed by atoms with Crippen molar-refractivity contribution in [1.29, 1.82) is 0 Å². The summed E-state index contributed by atoms with van der Waals surface area (Å²) in [5, 5.41) is 4.25. The van der Waals surface area contributed by atoms with E-state index in [4.69, 9.17) is 4.98 Å². The normalized spacial score (nSPS) is 11.0. The molecule has 108 valence electrons. The Kier molecular flexibility index (Phi) is 4.41. The number of hydrogen-bond acceptors (Lipinski definition) is 4. The zero-order chi connectivity index (χ0) is 14.7. The molecule has 0 aliphatic rings. The topological polar surface area (TPSA) is 30.7 Å². The highest BCUT2D eigenvalue weighted by Gasteiger charge is 2.07. The average molecular weight is 315 g/mol. The molecule has 0 bridgehead atoms. The van der Waals surface area contributed by atoms with E-state index in [1.165, 1.54) is 11.1 Å². The fraction of sp³-hybridized carbons (Fsp3) is 0.250. The van der Waals surface area contributed by atoms with Gasteiger partial charge in [0.25, 0.3) is 0 Å². The Balaban J connectivity index is 1.69. The lowest BCUT2D eigenvalue weighted by atomic mass is 10.1. The van der Waals surface area contributed by atoms with Crippen molar-refractivity contribution >= 4 is 23.1 Å². The summed E-state index contributed by atoms with van der Waals surface area (Å²) in [4.78, 5) is 9.04. The van der Waals surface area contributed by atoms with Crippen molar-refractivity contribution in [2.75, 3.05) is 0 Å². The average Bonchev–Trinajstić information content (AvgIpc) is 3.14. The van der Waals surface area contributed by atoms with Gasteiger partial charge in [0.15, 0.2) is 5.16 Å². The van der Waals surface area contributed by atoms with Crippen LogP contribution >= 0.6 is 23.1 Å². The third-order valence-electron chi connectivity index (χ3n) is 3.29. The molecule has 0 aliphatic carbocycles. The molecule has 0 radical (unpaired) electrons. The van der Waals surface area contributed by atoms with Crippen LogP contribution in [0.4, 0.5) is 0 Å². The Bertz CT molecular complexity index is 713. The first kappa shape index (κ1) is 14.4. The van der Waals surface area contributed by atoms with Crippen molar-refractivity contribution in [1.82, 2.24) is 14.5 Å². The van der Waals surface area contributed by atoms with Crippen LogP contribution in [0.25, 0.3) is 10.6 Å². The quantitative estimate of drug-likeness (QED) is 0.654. The molecule has 0 fully saturated rings. The van der Waals surface area contributed by atoms with Gasteiger partial charge in [0.05, 0.1) is 5.69 Å². The molecule has 0 unspecified atom stereocenters. The Labute approximate surface area is 133 Å². The highest BCUT2D eigenvalue weighted by Crippen LogP contribution is 2.27. The molecule has 0 saturated heterocycles. The minimum absolute atomic E-state index is 0.856. The molecule has 3 nitrogen and oxygen atoms in total. The van der Waals surface area contributed by atoms with Gasteiger partial charge in [0, 0.05) is 36.1 Å². The van der Waals surface area contributed by atoms with Crippen LogP contribution in [-0.4, -0.2) is 14.5 Å². The van der Waals surface area contributed by atoms with Gasteiger partial charge in [-0.25, -0.2) is 9.97 Å². The molecule has 1 aromatic carbocycles. The van der Waals surface area contributed by atoms with Crippen molar-refractivity contribution in [3.63, 3.8) is 0 Å². The molecule has 3 aromatic rings. The molecule has 0 N–H and O–H groups in total. The predicted molar refractivity (Wildman–Crippen MR) is 89.7 cm³/mol. The number of benzene rings is 1. The summed E-state index contributed by atoms with van der Waals surface area (Å²) in [5.41, 5.74) is 3.67. The number of hydrogen-bond donors (Lipinski definition) is 0. The van der Waals surface area contributed by atoms with Crippen LogP contribution in [0, 0.1) is 0 Å². The maximum absolute atomic E-state index is 4.73. The summed E-state index contributed by atoms with van der Waals surface area (Å²) < 4.78 is 2.03. The van der Waals surface area contributed by atoms with Crippen LogP contribution in [0.2, 0.25) is 0 Å². The summed E-state index contributed by atoms with van der Waals surface area (Å²) in [6.07, 6.45) is 4.86. The van der Waals surface area contributed by atoms with Gasteiger partial charge in [-0.05, 0) is 12.0 Å². The maximum Gasteiger partial charge on any atom is 0.168 e. The van der Waals surface area contributed by atoms with Crippen LogP contribution in [0.1, 0.15) is 18.2 Å². The van der Waals surface area contributed by atoms with E-state index >= 15 is 0 Å². The van der Waals surface area contributed by atoms with Crippen LogP contribution < -0.4 is 0 Å². The SMILES string of the molecule is CCc1ccc(-c2nc(CSc3nccn3C)cs2)cc1. The van der Waals surface area contributed by atoms with Crippen LogP contribution in [0.15, 0.2) is 47.2 Å². The second kappa shape index (κ2) is 6.45. The minimum atomic E-state index is 0.856. The summed E-state index contributed by atoms with van der Waals surface area (Å²) in [7, 11) is 2.01. The minimum Gasteiger partial charge on any atom is -0.329 e. The second-order valence-corrected chi connectivity index (χ2v) is 6.60. The molecule has 21 heavy (non-hydrogen) atoms. The van der Waals surface area contributed by atoms with E-state index in [0.717, 1.165) is 28.0 Å².